The summed E-state index contributed by atoms with van der Waals surface area (Å²) in [6.45, 7) is 2.34. The van der Waals surface area contributed by atoms with Crippen LogP contribution in [0.4, 0.5) is 0 Å². The Labute approximate surface area is 122 Å². The van der Waals surface area contributed by atoms with Gasteiger partial charge in [-0.15, -0.1) is 0 Å². The van der Waals surface area contributed by atoms with Gasteiger partial charge in [-0.1, -0.05) is 38.5 Å². The molecule has 0 heterocycles. The van der Waals surface area contributed by atoms with Crippen molar-refractivity contribution >= 4 is 5.91 Å². The maximum absolute atomic E-state index is 12.1. The Bertz CT molecular complexity index is 308. The van der Waals surface area contributed by atoms with Crippen LogP contribution < -0.4 is 11.1 Å². The number of ether oxygens (including phenoxy) is 1. The largest absolute Gasteiger partial charge is 0.367 e. The van der Waals surface area contributed by atoms with Gasteiger partial charge < -0.3 is 15.8 Å². The van der Waals surface area contributed by atoms with Crippen LogP contribution >= 0.6 is 0 Å². The lowest BCUT2D eigenvalue weighted by Crippen LogP contribution is -2.49. The molecule has 0 radical (unpaired) electrons. The lowest BCUT2D eigenvalue weighted by atomic mass is 9.83. The Morgan fingerprint density at radius 3 is 2.45 bits per heavy atom. The van der Waals surface area contributed by atoms with Crippen LogP contribution in [0.5, 0.6) is 0 Å². The first-order valence-corrected chi connectivity index (χ1v) is 8.30. The third-order valence-corrected chi connectivity index (χ3v) is 4.79. The number of nitrogens with one attached hydrogen (secondary N) is 1. The maximum atomic E-state index is 12.1. The minimum absolute atomic E-state index is 0.0244. The summed E-state index contributed by atoms with van der Waals surface area (Å²) in [6, 6.07) is 0.351. The summed E-state index contributed by atoms with van der Waals surface area (Å²) in [5, 5.41) is 3.11. The zero-order valence-electron chi connectivity index (χ0n) is 12.8. The molecule has 116 valence electrons. The molecule has 20 heavy (non-hydrogen) atoms. The van der Waals surface area contributed by atoms with Crippen molar-refractivity contribution in [3.05, 3.63) is 0 Å². The van der Waals surface area contributed by atoms with Crippen molar-refractivity contribution in [2.75, 3.05) is 6.61 Å². The minimum atomic E-state index is -0.390. The summed E-state index contributed by atoms with van der Waals surface area (Å²) in [5.74, 6) is 0.0244. The highest BCUT2D eigenvalue weighted by Gasteiger charge is 2.29. The van der Waals surface area contributed by atoms with Crippen LogP contribution in [0.15, 0.2) is 0 Å². The molecule has 2 saturated carbocycles. The lowest BCUT2D eigenvalue weighted by molar-refractivity contribution is -0.134. The average molecular weight is 282 g/mol. The first kappa shape index (κ1) is 15.8. The van der Waals surface area contributed by atoms with Crippen molar-refractivity contribution in [2.24, 2.45) is 5.73 Å². The van der Waals surface area contributed by atoms with E-state index in [4.69, 9.17) is 10.5 Å². The second-order valence-electron chi connectivity index (χ2n) is 6.72. The third kappa shape index (κ3) is 4.74. The topological polar surface area (TPSA) is 64.3 Å². The third-order valence-electron chi connectivity index (χ3n) is 4.79. The number of rotatable bonds is 5. The molecule has 2 rings (SSSR count). The number of amides is 1. The molecule has 1 atom stereocenters. The SMILES string of the molecule is CC(OCC1(N)CCCCC1)C(=O)NC1CCCCC1. The van der Waals surface area contributed by atoms with Crippen LogP contribution in [0.1, 0.15) is 71.1 Å². The summed E-state index contributed by atoms with van der Waals surface area (Å²) >= 11 is 0. The average Bonchev–Trinajstić information content (AvgIpc) is 2.46. The molecule has 4 nitrogen and oxygen atoms in total. The molecule has 2 aliphatic rings. The molecule has 2 fully saturated rings. The molecule has 4 heteroatoms. The van der Waals surface area contributed by atoms with E-state index in [-0.39, 0.29) is 17.6 Å². The molecule has 2 aliphatic carbocycles. The fraction of sp³-hybridized carbons (Fsp3) is 0.938. The van der Waals surface area contributed by atoms with Gasteiger partial charge in [-0.3, -0.25) is 4.79 Å². The molecule has 0 saturated heterocycles. The van der Waals surface area contributed by atoms with E-state index in [1.807, 2.05) is 6.92 Å². The Kier molecular flexibility index (Phi) is 5.85. The van der Waals surface area contributed by atoms with E-state index >= 15 is 0 Å². The van der Waals surface area contributed by atoms with Gasteiger partial charge >= 0.3 is 0 Å². The molecule has 0 spiro atoms. The normalized spacial score (nSPS) is 25.1. The van der Waals surface area contributed by atoms with E-state index in [1.165, 1.54) is 38.5 Å². The standard InChI is InChI=1S/C16H30N2O2/c1-13(15(19)18-14-8-4-2-5-9-14)20-12-16(17)10-6-3-7-11-16/h13-14H,2-12,17H2,1H3,(H,18,19). The first-order chi connectivity index (χ1) is 9.59. The maximum Gasteiger partial charge on any atom is 0.249 e. The van der Waals surface area contributed by atoms with E-state index < -0.39 is 0 Å². The summed E-state index contributed by atoms with van der Waals surface area (Å²) in [7, 11) is 0. The van der Waals surface area contributed by atoms with E-state index in [2.05, 4.69) is 5.32 Å². The van der Waals surface area contributed by atoms with Gasteiger partial charge in [0.15, 0.2) is 0 Å². The van der Waals surface area contributed by atoms with E-state index in [0.717, 1.165) is 25.7 Å². The van der Waals surface area contributed by atoms with Crippen LogP contribution in [0.3, 0.4) is 0 Å². The minimum Gasteiger partial charge on any atom is -0.367 e. The van der Waals surface area contributed by atoms with Crippen LogP contribution in [0.2, 0.25) is 0 Å². The van der Waals surface area contributed by atoms with Crippen molar-refractivity contribution < 1.29 is 9.53 Å². The lowest BCUT2D eigenvalue weighted by Gasteiger charge is -2.34. The number of hydrogen-bond donors (Lipinski definition) is 2. The molecule has 3 N–H and O–H groups in total. The molecule has 0 bridgehead atoms. The van der Waals surface area contributed by atoms with Crippen LogP contribution in [-0.4, -0.2) is 30.2 Å². The quantitative estimate of drug-likeness (QED) is 0.814. The second-order valence-corrected chi connectivity index (χ2v) is 6.72. The second kappa shape index (κ2) is 7.41. The molecule has 0 aliphatic heterocycles. The fourth-order valence-electron chi connectivity index (χ4n) is 3.33. The highest BCUT2D eigenvalue weighted by molar-refractivity contribution is 5.80. The zero-order chi connectivity index (χ0) is 14.4. The van der Waals surface area contributed by atoms with Gasteiger partial charge in [0.1, 0.15) is 6.10 Å². The van der Waals surface area contributed by atoms with Crippen LogP contribution in [0, 0.1) is 0 Å². The predicted molar refractivity (Wildman–Crippen MR) is 80.4 cm³/mol. The van der Waals surface area contributed by atoms with E-state index in [1.54, 1.807) is 0 Å². The Morgan fingerprint density at radius 2 is 1.80 bits per heavy atom. The van der Waals surface area contributed by atoms with Crippen molar-refractivity contribution in [1.82, 2.24) is 5.32 Å². The highest BCUT2D eigenvalue weighted by atomic mass is 16.5. The van der Waals surface area contributed by atoms with Crippen molar-refractivity contribution in [1.29, 1.82) is 0 Å². The molecule has 0 aromatic rings. The van der Waals surface area contributed by atoms with Crippen molar-refractivity contribution in [3.63, 3.8) is 0 Å². The smallest absolute Gasteiger partial charge is 0.249 e. The van der Waals surface area contributed by atoms with E-state index in [9.17, 15) is 4.79 Å². The summed E-state index contributed by atoms with van der Waals surface area (Å²) < 4.78 is 5.75. The molecular weight excluding hydrogens is 252 g/mol. The Morgan fingerprint density at radius 1 is 1.20 bits per heavy atom. The van der Waals surface area contributed by atoms with Crippen molar-refractivity contribution in [3.8, 4) is 0 Å². The Hall–Kier alpha value is -0.610. The predicted octanol–water partition coefficient (Wildman–Crippen LogP) is 2.50. The number of nitrogens with two attached hydrogens (primary N) is 1. The summed E-state index contributed by atoms with van der Waals surface area (Å²) in [4.78, 5) is 12.1. The monoisotopic (exact) mass is 282 g/mol. The summed E-state index contributed by atoms with van der Waals surface area (Å²) in [6.07, 6.45) is 11.3. The molecule has 0 aromatic heterocycles. The van der Waals surface area contributed by atoms with Gasteiger partial charge in [-0.2, -0.15) is 0 Å². The Balaban J connectivity index is 1.70. The van der Waals surface area contributed by atoms with Gasteiger partial charge in [0, 0.05) is 11.6 Å². The molecule has 1 amide bonds. The van der Waals surface area contributed by atoms with Gasteiger partial charge in [-0.25, -0.2) is 0 Å². The van der Waals surface area contributed by atoms with Gasteiger partial charge in [0.2, 0.25) is 5.91 Å². The number of hydrogen-bond acceptors (Lipinski definition) is 3. The first-order valence-electron chi connectivity index (χ1n) is 8.30. The van der Waals surface area contributed by atoms with E-state index in [0.29, 0.717) is 12.6 Å². The van der Waals surface area contributed by atoms with Crippen LogP contribution in [0.25, 0.3) is 0 Å². The van der Waals surface area contributed by atoms with Gasteiger partial charge in [0.05, 0.1) is 6.61 Å². The van der Waals surface area contributed by atoms with Gasteiger partial charge in [-0.05, 0) is 32.6 Å². The molecule has 0 aromatic carbocycles. The molecule has 1 unspecified atom stereocenters. The fourth-order valence-corrected chi connectivity index (χ4v) is 3.33. The number of carbonyl (C=O) groups is 1. The van der Waals surface area contributed by atoms with Crippen molar-refractivity contribution in [2.45, 2.75) is 88.8 Å². The number of carbonyl (C=O) groups excluding carboxylic acids is 1. The highest BCUT2D eigenvalue weighted by Crippen LogP contribution is 2.26. The zero-order valence-corrected chi connectivity index (χ0v) is 12.8. The summed E-state index contributed by atoms with van der Waals surface area (Å²) in [5.41, 5.74) is 6.12. The van der Waals surface area contributed by atoms with Crippen LogP contribution in [-0.2, 0) is 9.53 Å². The molecular formula is C16H30N2O2. The van der Waals surface area contributed by atoms with Gasteiger partial charge in [0.25, 0.3) is 0 Å².